The molecule has 0 fully saturated rings. The molecule has 0 saturated heterocycles. The van der Waals surface area contributed by atoms with Gasteiger partial charge in [0, 0.05) is 18.1 Å². The Labute approximate surface area is 128 Å². The number of anilines is 1. The summed E-state index contributed by atoms with van der Waals surface area (Å²) in [5, 5.41) is 13.9. The second-order valence-electron chi connectivity index (χ2n) is 5.00. The predicted octanol–water partition coefficient (Wildman–Crippen LogP) is 2.97. The molecule has 0 aliphatic rings. The van der Waals surface area contributed by atoms with Crippen molar-refractivity contribution in [1.82, 2.24) is 10.3 Å². The SMILES string of the molecule is Cc1cncc(C(=O)Nc2cccc([C@H](C)NC(=O)O)c2)c1. The number of hydrogen-bond donors (Lipinski definition) is 3. The summed E-state index contributed by atoms with van der Waals surface area (Å²) in [4.78, 5) is 26.8. The summed E-state index contributed by atoms with van der Waals surface area (Å²) in [5.41, 5.74) is 2.74. The summed E-state index contributed by atoms with van der Waals surface area (Å²) in [7, 11) is 0. The third-order valence-electron chi connectivity index (χ3n) is 3.12. The molecule has 0 spiro atoms. The van der Waals surface area contributed by atoms with Gasteiger partial charge < -0.3 is 15.7 Å². The fraction of sp³-hybridized carbons (Fsp3) is 0.188. The molecule has 2 amide bonds. The molecule has 0 aliphatic carbocycles. The van der Waals surface area contributed by atoms with Crippen LogP contribution in [0.5, 0.6) is 0 Å². The van der Waals surface area contributed by atoms with Crippen LogP contribution in [-0.4, -0.2) is 22.1 Å². The molecule has 6 nitrogen and oxygen atoms in total. The summed E-state index contributed by atoms with van der Waals surface area (Å²) in [6.07, 6.45) is 2.09. The Morgan fingerprint density at radius 1 is 1.23 bits per heavy atom. The van der Waals surface area contributed by atoms with E-state index in [2.05, 4.69) is 15.6 Å². The van der Waals surface area contributed by atoms with Crippen LogP contribution in [0.15, 0.2) is 42.7 Å². The molecular weight excluding hydrogens is 282 g/mol. The molecule has 0 saturated carbocycles. The van der Waals surface area contributed by atoms with Gasteiger partial charge in [-0.1, -0.05) is 12.1 Å². The molecule has 2 aromatic rings. The van der Waals surface area contributed by atoms with Crippen molar-refractivity contribution in [3.63, 3.8) is 0 Å². The molecule has 0 radical (unpaired) electrons. The number of nitrogens with zero attached hydrogens (tertiary/aromatic N) is 1. The normalized spacial score (nSPS) is 11.5. The number of carbonyl (C=O) groups is 2. The van der Waals surface area contributed by atoms with E-state index in [1.807, 2.05) is 6.92 Å². The van der Waals surface area contributed by atoms with Crippen LogP contribution in [0.4, 0.5) is 10.5 Å². The van der Waals surface area contributed by atoms with Crippen molar-refractivity contribution < 1.29 is 14.7 Å². The number of carbonyl (C=O) groups excluding carboxylic acids is 1. The summed E-state index contributed by atoms with van der Waals surface area (Å²) in [6.45, 7) is 3.60. The molecule has 0 aliphatic heterocycles. The zero-order valence-corrected chi connectivity index (χ0v) is 12.3. The molecule has 6 heteroatoms. The lowest BCUT2D eigenvalue weighted by molar-refractivity contribution is 0.102. The van der Waals surface area contributed by atoms with Crippen molar-refractivity contribution in [3.05, 3.63) is 59.4 Å². The number of aromatic nitrogens is 1. The highest BCUT2D eigenvalue weighted by molar-refractivity contribution is 6.04. The third kappa shape index (κ3) is 4.05. The van der Waals surface area contributed by atoms with Gasteiger partial charge in [0.15, 0.2) is 0 Å². The molecule has 3 N–H and O–H groups in total. The van der Waals surface area contributed by atoms with E-state index >= 15 is 0 Å². The Hall–Kier alpha value is -2.89. The Bertz CT molecular complexity index is 701. The molecule has 22 heavy (non-hydrogen) atoms. The van der Waals surface area contributed by atoms with Gasteiger partial charge in [0.25, 0.3) is 5.91 Å². The van der Waals surface area contributed by atoms with E-state index in [9.17, 15) is 9.59 Å². The minimum absolute atomic E-state index is 0.257. The molecule has 1 aromatic heterocycles. The monoisotopic (exact) mass is 299 g/mol. The summed E-state index contributed by atoms with van der Waals surface area (Å²) >= 11 is 0. The highest BCUT2D eigenvalue weighted by Gasteiger charge is 2.10. The Kier molecular flexibility index (Phi) is 4.73. The molecule has 114 valence electrons. The van der Waals surface area contributed by atoms with Crippen molar-refractivity contribution >= 4 is 17.7 Å². The maximum atomic E-state index is 12.2. The highest BCUT2D eigenvalue weighted by atomic mass is 16.4. The molecule has 1 aromatic carbocycles. The van der Waals surface area contributed by atoms with Gasteiger partial charge >= 0.3 is 6.09 Å². The Balaban J connectivity index is 2.13. The largest absolute Gasteiger partial charge is 0.465 e. The van der Waals surface area contributed by atoms with Crippen LogP contribution in [0.25, 0.3) is 0 Å². The minimum Gasteiger partial charge on any atom is -0.465 e. The number of rotatable bonds is 4. The molecule has 1 atom stereocenters. The van der Waals surface area contributed by atoms with Crippen LogP contribution in [-0.2, 0) is 0 Å². The molecule has 2 rings (SSSR count). The lowest BCUT2D eigenvalue weighted by atomic mass is 10.1. The quantitative estimate of drug-likeness (QED) is 0.809. The van der Waals surface area contributed by atoms with Crippen LogP contribution in [0.2, 0.25) is 0 Å². The Morgan fingerprint density at radius 3 is 2.68 bits per heavy atom. The van der Waals surface area contributed by atoms with Gasteiger partial charge in [0.05, 0.1) is 11.6 Å². The molecule has 1 heterocycles. The molecule has 0 bridgehead atoms. The second-order valence-corrected chi connectivity index (χ2v) is 5.00. The van der Waals surface area contributed by atoms with Gasteiger partial charge in [-0.3, -0.25) is 9.78 Å². The first-order chi connectivity index (χ1) is 10.5. The van der Waals surface area contributed by atoms with Crippen LogP contribution in [0, 0.1) is 6.92 Å². The second kappa shape index (κ2) is 6.71. The summed E-state index contributed by atoms with van der Waals surface area (Å²) in [5.74, 6) is -0.257. The van der Waals surface area contributed by atoms with Crippen LogP contribution < -0.4 is 10.6 Å². The van der Waals surface area contributed by atoms with Crippen molar-refractivity contribution in [2.75, 3.05) is 5.32 Å². The lowest BCUT2D eigenvalue weighted by Crippen LogP contribution is -2.24. The van der Waals surface area contributed by atoms with Gasteiger partial charge in [-0.05, 0) is 43.2 Å². The number of hydrogen-bond acceptors (Lipinski definition) is 3. The number of carboxylic acid groups (broad SMARTS) is 1. The topological polar surface area (TPSA) is 91.3 Å². The first-order valence-corrected chi connectivity index (χ1v) is 6.78. The van der Waals surface area contributed by atoms with Gasteiger partial charge in [-0.25, -0.2) is 4.79 Å². The summed E-state index contributed by atoms with van der Waals surface area (Å²) < 4.78 is 0. The maximum Gasteiger partial charge on any atom is 0.405 e. The number of amides is 2. The number of benzene rings is 1. The van der Waals surface area contributed by atoms with Crippen molar-refractivity contribution in [1.29, 1.82) is 0 Å². The van der Waals surface area contributed by atoms with E-state index in [0.29, 0.717) is 11.3 Å². The van der Waals surface area contributed by atoms with Crippen molar-refractivity contribution in [3.8, 4) is 0 Å². The third-order valence-corrected chi connectivity index (χ3v) is 3.12. The standard InChI is InChI=1S/C16H17N3O3/c1-10-6-13(9-17-8-10)15(20)19-14-5-3-4-12(7-14)11(2)18-16(21)22/h3-9,11,18H,1-2H3,(H,19,20)(H,21,22)/t11-/m0/s1. The van der Waals surface area contributed by atoms with E-state index in [-0.39, 0.29) is 11.9 Å². The maximum absolute atomic E-state index is 12.2. The lowest BCUT2D eigenvalue weighted by Gasteiger charge is -2.13. The Morgan fingerprint density at radius 2 is 2.00 bits per heavy atom. The average Bonchev–Trinajstić information content (AvgIpc) is 2.47. The predicted molar refractivity (Wildman–Crippen MR) is 82.9 cm³/mol. The zero-order chi connectivity index (χ0) is 16.1. The van der Waals surface area contributed by atoms with Crippen molar-refractivity contribution in [2.24, 2.45) is 0 Å². The first kappa shape index (κ1) is 15.5. The van der Waals surface area contributed by atoms with Crippen molar-refractivity contribution in [2.45, 2.75) is 19.9 Å². The fourth-order valence-corrected chi connectivity index (χ4v) is 2.04. The van der Waals surface area contributed by atoms with Gasteiger partial charge in [0.1, 0.15) is 0 Å². The van der Waals surface area contributed by atoms with E-state index < -0.39 is 6.09 Å². The molecule has 0 unspecified atom stereocenters. The first-order valence-electron chi connectivity index (χ1n) is 6.78. The van der Waals surface area contributed by atoms with E-state index in [1.165, 1.54) is 6.20 Å². The molecular formula is C16H17N3O3. The van der Waals surface area contributed by atoms with Gasteiger partial charge in [-0.2, -0.15) is 0 Å². The summed E-state index contributed by atoms with van der Waals surface area (Å²) in [6, 6.07) is 8.43. The van der Waals surface area contributed by atoms with Crippen LogP contribution in [0.3, 0.4) is 0 Å². The van der Waals surface area contributed by atoms with Crippen LogP contribution in [0.1, 0.15) is 34.5 Å². The number of pyridine rings is 1. The van der Waals surface area contributed by atoms with E-state index in [4.69, 9.17) is 5.11 Å². The zero-order valence-electron chi connectivity index (χ0n) is 12.3. The average molecular weight is 299 g/mol. The van der Waals surface area contributed by atoms with Crippen LogP contribution >= 0.6 is 0 Å². The van der Waals surface area contributed by atoms with E-state index in [1.54, 1.807) is 43.5 Å². The highest BCUT2D eigenvalue weighted by Crippen LogP contribution is 2.18. The smallest absolute Gasteiger partial charge is 0.405 e. The van der Waals surface area contributed by atoms with Gasteiger partial charge in [0.2, 0.25) is 0 Å². The fourth-order valence-electron chi connectivity index (χ4n) is 2.04. The number of aryl methyl sites for hydroxylation is 1. The number of nitrogens with one attached hydrogen (secondary N) is 2. The van der Waals surface area contributed by atoms with E-state index in [0.717, 1.165) is 11.1 Å². The van der Waals surface area contributed by atoms with Gasteiger partial charge in [-0.15, -0.1) is 0 Å². The minimum atomic E-state index is -1.09.